The van der Waals surface area contributed by atoms with Gasteiger partial charge in [0.05, 0.1) is 0 Å². The Labute approximate surface area is 131 Å². The second kappa shape index (κ2) is 6.41. The molecule has 0 unspecified atom stereocenters. The van der Waals surface area contributed by atoms with Gasteiger partial charge >= 0.3 is 5.97 Å². The van der Waals surface area contributed by atoms with Crippen LogP contribution in [0.1, 0.15) is 16.2 Å². The van der Waals surface area contributed by atoms with Crippen LogP contribution in [0.4, 0.5) is 0 Å². The molecular formula is C12H8I2N2O2. The van der Waals surface area contributed by atoms with Gasteiger partial charge in [0.25, 0.3) is 0 Å². The summed E-state index contributed by atoms with van der Waals surface area (Å²) in [6.07, 6.45) is 0. The van der Waals surface area contributed by atoms with Crippen molar-refractivity contribution in [3.05, 3.63) is 55.2 Å². The number of benzene rings is 1. The summed E-state index contributed by atoms with van der Waals surface area (Å²) in [6.45, 7) is 0.227. The normalized spacial score (nSPS) is 10.1. The average Bonchev–Trinajstić information content (AvgIpc) is 2.36. The van der Waals surface area contributed by atoms with E-state index >= 15 is 0 Å². The Kier molecular flexibility index (Phi) is 4.87. The summed E-state index contributed by atoms with van der Waals surface area (Å²) in [5, 5.41) is 0. The number of esters is 1. The third-order valence-corrected chi connectivity index (χ3v) is 3.16. The van der Waals surface area contributed by atoms with Crippen LogP contribution in [0, 0.1) is 7.40 Å². The van der Waals surface area contributed by atoms with Crippen molar-refractivity contribution in [2.45, 2.75) is 6.61 Å². The van der Waals surface area contributed by atoms with E-state index in [1.807, 2.05) is 75.5 Å². The van der Waals surface area contributed by atoms with E-state index in [4.69, 9.17) is 4.74 Å². The maximum absolute atomic E-state index is 11.8. The lowest BCUT2D eigenvalue weighted by molar-refractivity contribution is 0.0457. The summed E-state index contributed by atoms with van der Waals surface area (Å²) < 4.78 is 6.60. The van der Waals surface area contributed by atoms with Crippen molar-refractivity contribution < 1.29 is 9.53 Å². The molecule has 4 nitrogen and oxygen atoms in total. The quantitative estimate of drug-likeness (QED) is 0.397. The Hall–Kier alpha value is -0.770. The van der Waals surface area contributed by atoms with Crippen LogP contribution in [0.25, 0.3) is 0 Å². The van der Waals surface area contributed by atoms with Crippen molar-refractivity contribution in [1.29, 1.82) is 0 Å². The molecule has 0 fully saturated rings. The lowest BCUT2D eigenvalue weighted by Gasteiger charge is -2.04. The predicted octanol–water partition coefficient (Wildman–Crippen LogP) is 3.04. The first-order chi connectivity index (χ1) is 8.65. The number of carbonyl (C=O) groups excluding carboxylic acids is 1. The Morgan fingerprint density at radius 3 is 2.33 bits per heavy atom. The monoisotopic (exact) mass is 466 g/mol. The minimum Gasteiger partial charge on any atom is -0.455 e. The molecule has 2 aromatic rings. The van der Waals surface area contributed by atoms with Crippen LogP contribution in [0.15, 0.2) is 36.4 Å². The summed E-state index contributed by atoms with van der Waals surface area (Å²) >= 11 is 4.08. The van der Waals surface area contributed by atoms with Gasteiger partial charge in [0.15, 0.2) is 0 Å². The summed E-state index contributed by atoms with van der Waals surface area (Å²) in [5.41, 5.74) is 0.936. The van der Waals surface area contributed by atoms with E-state index in [1.165, 1.54) is 0 Å². The molecule has 0 saturated heterocycles. The smallest absolute Gasteiger partial charge is 0.376 e. The highest BCUT2D eigenvalue weighted by Crippen LogP contribution is 2.09. The maximum atomic E-state index is 11.8. The number of ether oxygens (including phenoxy) is 1. The molecule has 0 aliphatic rings. The van der Waals surface area contributed by atoms with E-state index in [2.05, 4.69) is 9.97 Å². The molecule has 1 heterocycles. The summed E-state index contributed by atoms with van der Waals surface area (Å²) in [7, 11) is 0. The van der Waals surface area contributed by atoms with Gasteiger partial charge in [-0.05, 0) is 50.7 Å². The topological polar surface area (TPSA) is 52.1 Å². The van der Waals surface area contributed by atoms with Crippen molar-refractivity contribution >= 4 is 51.2 Å². The lowest BCUT2D eigenvalue weighted by Crippen LogP contribution is -2.11. The molecule has 1 aromatic carbocycles. The van der Waals surface area contributed by atoms with E-state index in [-0.39, 0.29) is 12.4 Å². The SMILES string of the molecule is O=C(OCc1ccccc1)c1nc(I)cc(I)n1. The van der Waals surface area contributed by atoms with Gasteiger partial charge in [0.2, 0.25) is 5.82 Å². The highest BCUT2D eigenvalue weighted by molar-refractivity contribution is 14.1. The molecule has 0 N–H and O–H groups in total. The third-order valence-electron chi connectivity index (χ3n) is 2.06. The molecule has 0 radical (unpaired) electrons. The Bertz CT molecular complexity index is 541. The van der Waals surface area contributed by atoms with Gasteiger partial charge in [-0.25, -0.2) is 14.8 Å². The highest BCUT2D eigenvalue weighted by Gasteiger charge is 2.12. The van der Waals surface area contributed by atoms with E-state index in [0.29, 0.717) is 0 Å². The molecule has 0 saturated carbocycles. The molecule has 2 rings (SSSR count). The van der Waals surface area contributed by atoms with Crippen LogP contribution in [0.3, 0.4) is 0 Å². The van der Waals surface area contributed by atoms with Crippen molar-refractivity contribution in [3.63, 3.8) is 0 Å². The first-order valence-corrected chi connectivity index (χ1v) is 7.22. The standard InChI is InChI=1S/C12H8I2N2O2/c13-9-6-10(14)16-11(15-9)12(17)18-7-8-4-2-1-3-5-8/h1-6H,7H2. The Balaban J connectivity index is 2.04. The Morgan fingerprint density at radius 2 is 1.72 bits per heavy atom. The zero-order valence-corrected chi connectivity index (χ0v) is 13.5. The second-order valence-corrected chi connectivity index (χ2v) is 5.61. The molecule has 92 valence electrons. The number of aromatic nitrogens is 2. The van der Waals surface area contributed by atoms with Crippen LogP contribution >= 0.6 is 45.2 Å². The van der Waals surface area contributed by atoms with E-state index in [1.54, 1.807) is 6.07 Å². The first-order valence-electron chi connectivity index (χ1n) is 5.06. The number of rotatable bonds is 3. The molecule has 0 aliphatic heterocycles. The summed E-state index contributed by atoms with van der Waals surface area (Å²) in [5.74, 6) is -0.405. The number of halogens is 2. The molecule has 1 aromatic heterocycles. The van der Waals surface area contributed by atoms with Crippen LogP contribution in [-0.4, -0.2) is 15.9 Å². The minimum absolute atomic E-state index is 0.0993. The van der Waals surface area contributed by atoms with Crippen molar-refractivity contribution in [1.82, 2.24) is 9.97 Å². The van der Waals surface area contributed by atoms with Gasteiger partial charge in [-0.15, -0.1) is 0 Å². The number of nitrogens with zero attached hydrogens (tertiary/aromatic N) is 2. The van der Waals surface area contributed by atoms with Crippen LogP contribution in [-0.2, 0) is 11.3 Å². The van der Waals surface area contributed by atoms with E-state index in [9.17, 15) is 4.79 Å². The van der Waals surface area contributed by atoms with E-state index < -0.39 is 5.97 Å². The Morgan fingerprint density at radius 1 is 1.11 bits per heavy atom. The first kappa shape index (κ1) is 13.7. The van der Waals surface area contributed by atoms with Crippen LogP contribution in [0.5, 0.6) is 0 Å². The predicted molar refractivity (Wildman–Crippen MR) is 83.0 cm³/mol. The summed E-state index contributed by atoms with van der Waals surface area (Å²) in [6, 6.07) is 11.3. The van der Waals surface area contributed by atoms with Gasteiger partial charge in [0.1, 0.15) is 14.0 Å². The molecule has 18 heavy (non-hydrogen) atoms. The van der Waals surface area contributed by atoms with Crippen LogP contribution in [0.2, 0.25) is 0 Å². The van der Waals surface area contributed by atoms with Crippen molar-refractivity contribution in [2.24, 2.45) is 0 Å². The molecule has 0 spiro atoms. The fourth-order valence-corrected chi connectivity index (χ4v) is 2.91. The maximum Gasteiger partial charge on any atom is 0.376 e. The summed E-state index contributed by atoms with van der Waals surface area (Å²) in [4.78, 5) is 19.9. The number of hydrogen-bond acceptors (Lipinski definition) is 4. The highest BCUT2D eigenvalue weighted by atomic mass is 127. The van der Waals surface area contributed by atoms with Gasteiger partial charge in [-0.3, -0.25) is 0 Å². The largest absolute Gasteiger partial charge is 0.455 e. The van der Waals surface area contributed by atoms with Gasteiger partial charge in [-0.1, -0.05) is 30.3 Å². The molecular weight excluding hydrogens is 458 g/mol. The van der Waals surface area contributed by atoms with Gasteiger partial charge in [-0.2, -0.15) is 0 Å². The molecule has 0 atom stereocenters. The van der Waals surface area contributed by atoms with Crippen LogP contribution < -0.4 is 0 Å². The van der Waals surface area contributed by atoms with Gasteiger partial charge in [0, 0.05) is 6.07 Å². The molecule has 0 aliphatic carbocycles. The van der Waals surface area contributed by atoms with Crippen molar-refractivity contribution in [2.75, 3.05) is 0 Å². The fourth-order valence-electron chi connectivity index (χ4n) is 1.27. The number of carbonyl (C=O) groups is 1. The zero-order chi connectivity index (χ0) is 13.0. The fraction of sp³-hybridized carbons (Fsp3) is 0.0833. The molecule has 6 heteroatoms. The minimum atomic E-state index is -0.504. The number of hydrogen-bond donors (Lipinski definition) is 0. The van der Waals surface area contributed by atoms with E-state index in [0.717, 1.165) is 13.0 Å². The second-order valence-electron chi connectivity index (χ2n) is 3.40. The molecule has 0 amide bonds. The van der Waals surface area contributed by atoms with Crippen molar-refractivity contribution in [3.8, 4) is 0 Å². The lowest BCUT2D eigenvalue weighted by atomic mass is 10.2. The zero-order valence-electron chi connectivity index (χ0n) is 9.14. The van der Waals surface area contributed by atoms with Gasteiger partial charge < -0.3 is 4.74 Å². The third kappa shape index (κ3) is 3.87. The average molecular weight is 466 g/mol. The molecule has 0 bridgehead atoms.